The van der Waals surface area contributed by atoms with E-state index in [-0.39, 0.29) is 0 Å². The summed E-state index contributed by atoms with van der Waals surface area (Å²) in [4.78, 5) is 0. The zero-order chi connectivity index (χ0) is 15.1. The van der Waals surface area contributed by atoms with Gasteiger partial charge in [0.2, 0.25) is 0 Å². The predicted molar refractivity (Wildman–Crippen MR) is 89.8 cm³/mol. The smallest absolute Gasteiger partial charge is 0.0575 e. The molecule has 0 radical (unpaired) electrons. The zero-order valence-electron chi connectivity index (χ0n) is 14.0. The molecule has 2 nitrogen and oxygen atoms in total. The summed E-state index contributed by atoms with van der Waals surface area (Å²) >= 11 is 0. The topological polar surface area (TPSA) is 21.3 Å². The van der Waals surface area contributed by atoms with Crippen molar-refractivity contribution in [3.8, 4) is 0 Å². The second kappa shape index (κ2) is 8.55. The van der Waals surface area contributed by atoms with Crippen LogP contribution in [0.1, 0.15) is 68.2 Å². The van der Waals surface area contributed by atoms with Gasteiger partial charge in [0.25, 0.3) is 0 Å². The molecule has 1 aromatic rings. The number of hydrogen-bond donors (Lipinski definition) is 1. The number of ether oxygens (including phenoxy) is 1. The average molecular weight is 289 g/mol. The first-order chi connectivity index (χ1) is 10.2. The van der Waals surface area contributed by atoms with Gasteiger partial charge in [0.05, 0.1) is 6.10 Å². The van der Waals surface area contributed by atoms with Crippen molar-refractivity contribution in [1.82, 2.24) is 5.32 Å². The Bertz CT molecular complexity index is 424. The van der Waals surface area contributed by atoms with E-state index < -0.39 is 0 Å². The predicted octanol–water partition coefficient (Wildman–Crippen LogP) is 4.69. The molecule has 2 atom stereocenters. The minimum Gasteiger partial charge on any atom is -0.378 e. The van der Waals surface area contributed by atoms with Crippen LogP contribution in [0.25, 0.3) is 0 Å². The highest BCUT2D eigenvalue weighted by Crippen LogP contribution is 2.26. The van der Waals surface area contributed by atoms with E-state index >= 15 is 0 Å². The highest BCUT2D eigenvalue weighted by Gasteiger charge is 2.18. The monoisotopic (exact) mass is 289 g/mol. The lowest BCUT2D eigenvalue weighted by molar-refractivity contribution is 0.00853. The number of rotatable bonds is 7. The largest absolute Gasteiger partial charge is 0.378 e. The van der Waals surface area contributed by atoms with Crippen molar-refractivity contribution in [2.24, 2.45) is 0 Å². The Hall–Kier alpha value is -0.860. The van der Waals surface area contributed by atoms with Crippen molar-refractivity contribution in [1.29, 1.82) is 0 Å². The summed E-state index contributed by atoms with van der Waals surface area (Å²) in [6.45, 7) is 8.69. The Labute approximate surface area is 130 Å². The van der Waals surface area contributed by atoms with Crippen LogP contribution < -0.4 is 5.32 Å². The molecule has 0 amide bonds. The Kier molecular flexibility index (Phi) is 6.72. The van der Waals surface area contributed by atoms with E-state index in [0.29, 0.717) is 12.1 Å². The van der Waals surface area contributed by atoms with E-state index in [1.54, 1.807) is 0 Å². The lowest BCUT2D eigenvalue weighted by Crippen LogP contribution is -2.26. The molecule has 0 aliphatic carbocycles. The van der Waals surface area contributed by atoms with Crippen molar-refractivity contribution in [3.05, 3.63) is 34.9 Å². The lowest BCUT2D eigenvalue weighted by atomic mass is 9.93. The number of hydrogen-bond acceptors (Lipinski definition) is 2. The van der Waals surface area contributed by atoms with Gasteiger partial charge in [0.15, 0.2) is 0 Å². The van der Waals surface area contributed by atoms with Gasteiger partial charge in [-0.15, -0.1) is 0 Å². The molecule has 1 fully saturated rings. The third-order valence-electron chi connectivity index (χ3n) is 4.50. The molecule has 2 unspecified atom stereocenters. The Balaban J connectivity index is 2.00. The number of benzene rings is 1. The van der Waals surface area contributed by atoms with E-state index in [1.165, 1.54) is 55.2 Å². The van der Waals surface area contributed by atoms with Gasteiger partial charge in [-0.3, -0.25) is 0 Å². The first kappa shape index (κ1) is 16.5. The Morgan fingerprint density at radius 3 is 2.86 bits per heavy atom. The van der Waals surface area contributed by atoms with E-state index in [4.69, 9.17) is 4.74 Å². The molecule has 0 saturated carbocycles. The van der Waals surface area contributed by atoms with Crippen molar-refractivity contribution in [2.75, 3.05) is 13.2 Å². The van der Waals surface area contributed by atoms with Crippen LogP contribution in [0.15, 0.2) is 18.2 Å². The molecular formula is C19H31NO. The molecule has 0 spiro atoms. The average Bonchev–Trinajstić information content (AvgIpc) is 2.51. The fourth-order valence-electron chi connectivity index (χ4n) is 3.21. The van der Waals surface area contributed by atoms with Crippen molar-refractivity contribution in [3.63, 3.8) is 0 Å². The van der Waals surface area contributed by atoms with Crippen molar-refractivity contribution < 1.29 is 4.74 Å². The SMILES string of the molecule is CCCNC(CCC1CCCCO1)c1cc(C)ccc1C. The zero-order valence-corrected chi connectivity index (χ0v) is 14.0. The molecule has 1 N–H and O–H groups in total. The second-order valence-electron chi connectivity index (χ2n) is 6.43. The molecule has 1 aromatic carbocycles. The van der Waals surface area contributed by atoms with Gasteiger partial charge in [-0.1, -0.05) is 30.7 Å². The molecule has 2 rings (SSSR count). The summed E-state index contributed by atoms with van der Waals surface area (Å²) in [5.74, 6) is 0. The first-order valence-corrected chi connectivity index (χ1v) is 8.63. The Morgan fingerprint density at radius 2 is 2.14 bits per heavy atom. The lowest BCUT2D eigenvalue weighted by Gasteiger charge is -2.26. The minimum absolute atomic E-state index is 0.468. The summed E-state index contributed by atoms with van der Waals surface area (Å²) < 4.78 is 5.89. The van der Waals surface area contributed by atoms with Crippen LogP contribution in [0.3, 0.4) is 0 Å². The van der Waals surface area contributed by atoms with Gasteiger partial charge in [0, 0.05) is 12.6 Å². The van der Waals surface area contributed by atoms with Crippen LogP contribution in [-0.4, -0.2) is 19.3 Å². The molecule has 1 aliphatic heterocycles. The van der Waals surface area contributed by atoms with E-state index in [2.05, 4.69) is 44.3 Å². The highest BCUT2D eigenvalue weighted by atomic mass is 16.5. The van der Waals surface area contributed by atoms with Gasteiger partial charge in [0.1, 0.15) is 0 Å². The fourth-order valence-corrected chi connectivity index (χ4v) is 3.21. The molecule has 1 saturated heterocycles. The van der Waals surface area contributed by atoms with E-state index in [1.807, 2.05) is 0 Å². The van der Waals surface area contributed by atoms with Gasteiger partial charge in [-0.2, -0.15) is 0 Å². The van der Waals surface area contributed by atoms with Crippen molar-refractivity contribution in [2.45, 2.75) is 71.4 Å². The molecular weight excluding hydrogens is 258 g/mol. The van der Waals surface area contributed by atoms with E-state index in [0.717, 1.165) is 13.2 Å². The van der Waals surface area contributed by atoms with Crippen molar-refractivity contribution >= 4 is 0 Å². The normalized spacial score (nSPS) is 20.4. The molecule has 21 heavy (non-hydrogen) atoms. The quantitative estimate of drug-likeness (QED) is 0.786. The first-order valence-electron chi connectivity index (χ1n) is 8.63. The van der Waals surface area contributed by atoms with Crippen LogP contribution in [0, 0.1) is 13.8 Å². The maximum absolute atomic E-state index is 5.89. The van der Waals surface area contributed by atoms with Gasteiger partial charge in [-0.05, 0) is 70.0 Å². The second-order valence-corrected chi connectivity index (χ2v) is 6.43. The van der Waals surface area contributed by atoms with Crippen LogP contribution in [0.4, 0.5) is 0 Å². The molecule has 1 heterocycles. The standard InChI is InChI=1S/C19H31NO/c1-4-12-20-19(11-10-17-7-5-6-13-21-17)18-14-15(2)8-9-16(18)3/h8-9,14,17,19-20H,4-7,10-13H2,1-3H3. The summed E-state index contributed by atoms with van der Waals surface area (Å²) in [6, 6.07) is 7.28. The van der Waals surface area contributed by atoms with Crippen LogP contribution in [0.5, 0.6) is 0 Å². The number of nitrogens with one attached hydrogen (secondary N) is 1. The number of aryl methyl sites for hydroxylation is 2. The molecule has 118 valence electrons. The summed E-state index contributed by atoms with van der Waals surface area (Å²) in [5.41, 5.74) is 4.23. The molecule has 0 aromatic heterocycles. The fraction of sp³-hybridized carbons (Fsp3) is 0.684. The third-order valence-corrected chi connectivity index (χ3v) is 4.50. The highest BCUT2D eigenvalue weighted by molar-refractivity contribution is 5.33. The maximum Gasteiger partial charge on any atom is 0.0575 e. The van der Waals surface area contributed by atoms with Gasteiger partial charge >= 0.3 is 0 Å². The van der Waals surface area contributed by atoms with Crippen LogP contribution in [-0.2, 0) is 4.74 Å². The van der Waals surface area contributed by atoms with E-state index in [9.17, 15) is 0 Å². The summed E-state index contributed by atoms with van der Waals surface area (Å²) in [7, 11) is 0. The maximum atomic E-state index is 5.89. The minimum atomic E-state index is 0.468. The summed E-state index contributed by atoms with van der Waals surface area (Å²) in [6.07, 6.45) is 7.83. The van der Waals surface area contributed by atoms with Gasteiger partial charge < -0.3 is 10.1 Å². The Morgan fingerprint density at radius 1 is 1.29 bits per heavy atom. The molecule has 0 bridgehead atoms. The third kappa shape index (κ3) is 5.12. The van der Waals surface area contributed by atoms with Crippen LogP contribution >= 0.6 is 0 Å². The van der Waals surface area contributed by atoms with Crippen LogP contribution in [0.2, 0.25) is 0 Å². The van der Waals surface area contributed by atoms with Gasteiger partial charge in [-0.25, -0.2) is 0 Å². The molecule has 1 aliphatic rings. The molecule has 2 heteroatoms. The summed E-state index contributed by atoms with van der Waals surface area (Å²) in [5, 5.41) is 3.74.